The fourth-order valence-corrected chi connectivity index (χ4v) is 3.98. The van der Waals surface area contributed by atoms with Crippen LogP contribution in [-0.2, 0) is 9.47 Å². The van der Waals surface area contributed by atoms with Crippen LogP contribution in [0.1, 0.15) is 33.1 Å². The van der Waals surface area contributed by atoms with E-state index in [0.717, 1.165) is 19.3 Å². The van der Waals surface area contributed by atoms with Crippen LogP contribution in [0.2, 0.25) is 0 Å². The second-order valence-electron chi connectivity index (χ2n) is 5.93. The van der Waals surface area contributed by atoms with Crippen LogP contribution >= 0.6 is 0 Å². The molecule has 0 bridgehead atoms. The van der Waals surface area contributed by atoms with Gasteiger partial charge < -0.3 is 9.47 Å². The van der Waals surface area contributed by atoms with Crippen LogP contribution in [0.4, 0.5) is 0 Å². The van der Waals surface area contributed by atoms with Gasteiger partial charge in [0.1, 0.15) is 0 Å². The van der Waals surface area contributed by atoms with Crippen LogP contribution in [0.25, 0.3) is 0 Å². The fraction of sp³-hybridized carbons (Fsp3) is 0.786. The van der Waals surface area contributed by atoms with Gasteiger partial charge in [0, 0.05) is 5.92 Å². The average Bonchev–Trinajstić information content (AvgIpc) is 2.77. The number of ether oxygens (including phenoxy) is 2. The molecule has 0 aromatic rings. The molecule has 3 rings (SSSR count). The molecule has 0 aromatic heterocycles. The number of fused-ring (bicyclic) bond motifs is 2. The largest absolute Gasteiger partial charge is 0.343 e. The number of hydrogen-bond acceptors (Lipinski definition) is 5. The second-order valence-corrected chi connectivity index (χ2v) is 5.93. The predicted molar refractivity (Wildman–Crippen MR) is 68.5 cm³/mol. The summed E-state index contributed by atoms with van der Waals surface area (Å²) in [5, 5.41) is 19.5. The standard InChI is InChI=1S/C14H18N4O2/c1-3-4-5-10-12(7-15)11(17)18-14(13(10,12)8-16)19-6-9(2)20-14/h9-10H,3-6H2,1-2H3,(H2,17,18)/p+1/t9-,10-,12+,13+,14+/m0/s1. The third-order valence-electron chi connectivity index (χ3n) is 4.91. The molecule has 0 radical (unpaired) electrons. The van der Waals surface area contributed by atoms with E-state index in [1.165, 1.54) is 0 Å². The molecule has 1 saturated heterocycles. The first kappa shape index (κ1) is 13.4. The summed E-state index contributed by atoms with van der Waals surface area (Å²) in [5.41, 5.74) is 4.05. The lowest BCUT2D eigenvalue weighted by Crippen LogP contribution is -2.90. The van der Waals surface area contributed by atoms with E-state index in [2.05, 4.69) is 24.1 Å². The number of nitriles is 2. The van der Waals surface area contributed by atoms with Crippen molar-refractivity contribution in [3.05, 3.63) is 0 Å². The monoisotopic (exact) mass is 275 g/mol. The van der Waals surface area contributed by atoms with Crippen molar-refractivity contribution < 1.29 is 14.5 Å². The Bertz CT molecular complexity index is 563. The molecule has 20 heavy (non-hydrogen) atoms. The lowest BCUT2D eigenvalue weighted by molar-refractivity contribution is -0.678. The van der Waals surface area contributed by atoms with Crippen molar-refractivity contribution in [3.8, 4) is 12.1 Å². The van der Waals surface area contributed by atoms with E-state index in [9.17, 15) is 10.5 Å². The Morgan fingerprint density at radius 2 is 2.20 bits per heavy atom. The van der Waals surface area contributed by atoms with Gasteiger partial charge in [-0.1, -0.05) is 19.8 Å². The number of rotatable bonds is 3. The van der Waals surface area contributed by atoms with E-state index in [4.69, 9.17) is 15.2 Å². The molecule has 3 aliphatic rings. The Labute approximate surface area is 118 Å². The molecular weight excluding hydrogens is 256 g/mol. The Kier molecular flexibility index (Phi) is 2.63. The first-order valence-electron chi connectivity index (χ1n) is 7.10. The van der Waals surface area contributed by atoms with Crippen LogP contribution in [-0.4, -0.2) is 24.5 Å². The van der Waals surface area contributed by atoms with Crippen molar-refractivity contribution >= 4 is 5.84 Å². The highest BCUT2D eigenvalue weighted by molar-refractivity contribution is 5.93. The number of nitrogens with zero attached hydrogens (tertiary/aromatic N) is 2. The summed E-state index contributed by atoms with van der Waals surface area (Å²) in [5.74, 6) is -1.06. The molecule has 106 valence electrons. The molecule has 0 amide bonds. The normalized spacial score (nSPS) is 48.5. The molecule has 1 saturated carbocycles. The van der Waals surface area contributed by atoms with E-state index in [1.807, 2.05) is 6.92 Å². The van der Waals surface area contributed by atoms with Crippen LogP contribution in [0.15, 0.2) is 0 Å². The molecule has 2 heterocycles. The van der Waals surface area contributed by atoms with Crippen LogP contribution in [0, 0.1) is 39.4 Å². The number of hydrogen-bond donors (Lipinski definition) is 2. The summed E-state index contributed by atoms with van der Waals surface area (Å²) >= 11 is 0. The summed E-state index contributed by atoms with van der Waals surface area (Å²) in [7, 11) is 0. The Morgan fingerprint density at radius 3 is 2.70 bits per heavy atom. The zero-order valence-electron chi connectivity index (χ0n) is 11.8. The second kappa shape index (κ2) is 3.94. The van der Waals surface area contributed by atoms with E-state index in [1.54, 1.807) is 0 Å². The average molecular weight is 275 g/mol. The molecule has 6 heteroatoms. The Hall–Kier alpha value is -1.63. The van der Waals surface area contributed by atoms with E-state index < -0.39 is 16.7 Å². The molecule has 0 unspecified atom stereocenters. The predicted octanol–water partition coefficient (Wildman–Crippen LogP) is -0.633. The summed E-state index contributed by atoms with van der Waals surface area (Å²) in [6.45, 7) is 4.36. The molecule has 1 spiro atoms. The first-order valence-corrected chi connectivity index (χ1v) is 7.10. The van der Waals surface area contributed by atoms with Gasteiger partial charge in [-0.25, -0.2) is 4.99 Å². The van der Waals surface area contributed by atoms with Crippen molar-refractivity contribution in [2.75, 3.05) is 6.61 Å². The maximum absolute atomic E-state index is 9.79. The summed E-state index contributed by atoms with van der Waals surface area (Å²) in [6.07, 6.45) is 2.62. The summed E-state index contributed by atoms with van der Waals surface area (Å²) < 4.78 is 11.6. The molecule has 1 aliphatic carbocycles. The number of nitrogens with two attached hydrogens (primary N) is 1. The van der Waals surface area contributed by atoms with Gasteiger partial charge in [-0.3, -0.25) is 5.73 Å². The van der Waals surface area contributed by atoms with E-state index >= 15 is 0 Å². The smallest absolute Gasteiger partial charge is 0.311 e. The minimum absolute atomic E-state index is 0.123. The van der Waals surface area contributed by atoms with Gasteiger partial charge >= 0.3 is 5.91 Å². The van der Waals surface area contributed by atoms with Crippen molar-refractivity contribution in [1.82, 2.24) is 0 Å². The third kappa shape index (κ3) is 1.14. The van der Waals surface area contributed by atoms with Crippen LogP contribution < -0.4 is 10.7 Å². The highest BCUT2D eigenvalue weighted by atomic mass is 16.8. The lowest BCUT2D eigenvalue weighted by atomic mass is 9.94. The lowest BCUT2D eigenvalue weighted by Gasteiger charge is -2.23. The molecular formula is C14H19N4O2+. The van der Waals surface area contributed by atoms with E-state index in [-0.39, 0.29) is 12.0 Å². The molecule has 2 aliphatic heterocycles. The number of unbranched alkanes of at least 4 members (excludes halogenated alkanes) is 1. The van der Waals surface area contributed by atoms with Crippen molar-refractivity contribution in [2.24, 2.45) is 22.5 Å². The molecule has 5 atom stereocenters. The maximum Gasteiger partial charge on any atom is 0.343 e. The highest BCUT2D eigenvalue weighted by Gasteiger charge is 2.96. The van der Waals surface area contributed by atoms with E-state index in [0.29, 0.717) is 12.4 Å². The van der Waals surface area contributed by atoms with Gasteiger partial charge in [0.05, 0.1) is 24.8 Å². The van der Waals surface area contributed by atoms with Crippen molar-refractivity contribution in [1.29, 1.82) is 10.5 Å². The van der Waals surface area contributed by atoms with Crippen molar-refractivity contribution in [3.63, 3.8) is 0 Å². The Balaban J connectivity index is 2.06. The van der Waals surface area contributed by atoms with Gasteiger partial charge in [0.2, 0.25) is 0 Å². The van der Waals surface area contributed by atoms with Crippen molar-refractivity contribution in [2.45, 2.75) is 45.1 Å². The van der Waals surface area contributed by atoms with Crippen LogP contribution in [0.3, 0.4) is 0 Å². The molecule has 3 N–H and O–H groups in total. The summed E-state index contributed by atoms with van der Waals surface area (Å²) in [6, 6.07) is 4.59. The van der Waals surface area contributed by atoms with Gasteiger partial charge in [-0.15, -0.1) is 0 Å². The van der Waals surface area contributed by atoms with Gasteiger partial charge in [0.15, 0.2) is 10.8 Å². The number of amidine groups is 1. The first-order chi connectivity index (χ1) is 9.54. The minimum atomic E-state index is -1.25. The molecule has 2 fully saturated rings. The quantitative estimate of drug-likeness (QED) is 0.713. The van der Waals surface area contributed by atoms with Gasteiger partial charge in [0.25, 0.3) is 5.84 Å². The van der Waals surface area contributed by atoms with Gasteiger partial charge in [-0.05, 0) is 13.3 Å². The summed E-state index contributed by atoms with van der Waals surface area (Å²) in [4.78, 5) is 2.95. The SMILES string of the molecule is CCCC[C@@H]1[C@@]2(C#N)[C@@]3([NH+]=C(N)[C@@]12C#N)OC[C@H](C)O3. The Morgan fingerprint density at radius 1 is 1.45 bits per heavy atom. The minimum Gasteiger partial charge on any atom is -0.311 e. The number of nitrogens with one attached hydrogen (secondary N) is 1. The van der Waals surface area contributed by atoms with Gasteiger partial charge in [-0.2, -0.15) is 10.5 Å². The zero-order chi connectivity index (χ0) is 14.6. The third-order valence-corrected chi connectivity index (χ3v) is 4.91. The molecule has 6 nitrogen and oxygen atoms in total. The van der Waals surface area contributed by atoms with Crippen LogP contribution in [0.5, 0.6) is 0 Å². The maximum atomic E-state index is 9.79. The fourth-order valence-electron chi connectivity index (χ4n) is 3.98. The topological polar surface area (TPSA) is 106 Å². The zero-order valence-corrected chi connectivity index (χ0v) is 11.8. The molecule has 0 aromatic carbocycles. The highest BCUT2D eigenvalue weighted by Crippen LogP contribution is 2.76.